The summed E-state index contributed by atoms with van der Waals surface area (Å²) in [5.41, 5.74) is 0.626. The van der Waals surface area contributed by atoms with Crippen molar-refractivity contribution in [1.29, 1.82) is 0 Å². The normalized spacial score (nSPS) is 19.1. The Bertz CT molecular complexity index is 478. The highest BCUT2D eigenvalue weighted by Crippen LogP contribution is 2.17. The highest BCUT2D eigenvalue weighted by atomic mass is 19.1. The first-order chi connectivity index (χ1) is 10.2. The Labute approximate surface area is 126 Å². The summed E-state index contributed by atoms with van der Waals surface area (Å²) < 4.78 is 18.9. The molecule has 1 aliphatic heterocycles. The highest BCUT2D eigenvalue weighted by Gasteiger charge is 2.24. The number of methoxy groups -OCH3 is 1. The van der Waals surface area contributed by atoms with Crippen LogP contribution in [0.5, 0.6) is 0 Å². The molecule has 0 radical (unpaired) electrons. The molecule has 1 saturated heterocycles. The van der Waals surface area contributed by atoms with Crippen LogP contribution in [0.25, 0.3) is 0 Å². The van der Waals surface area contributed by atoms with Crippen LogP contribution in [0.1, 0.15) is 18.9 Å². The van der Waals surface area contributed by atoms with Crippen LogP contribution in [-0.2, 0) is 11.3 Å². The number of likely N-dealkylation sites (tertiary alicyclic amines) is 1. The first-order valence-corrected chi connectivity index (χ1v) is 7.50. The van der Waals surface area contributed by atoms with Crippen LogP contribution >= 0.6 is 0 Å². The number of hydrogen-bond acceptors (Lipinski definition) is 2. The van der Waals surface area contributed by atoms with Crippen LogP contribution in [0.2, 0.25) is 0 Å². The van der Waals surface area contributed by atoms with Gasteiger partial charge in [0.15, 0.2) is 5.96 Å². The molecule has 0 aromatic heterocycles. The number of halogens is 1. The number of ether oxygens (including phenoxy) is 1. The second kappa shape index (κ2) is 7.98. The number of aliphatic imine (C=N–C) groups is 1. The number of nitrogens with one attached hydrogen (secondary N) is 1. The maximum Gasteiger partial charge on any atom is 0.194 e. The zero-order valence-corrected chi connectivity index (χ0v) is 12.8. The van der Waals surface area contributed by atoms with Gasteiger partial charge in [-0.2, -0.15) is 0 Å². The molecule has 1 aromatic carbocycles. The molecule has 1 aromatic rings. The van der Waals surface area contributed by atoms with E-state index in [0.717, 1.165) is 38.6 Å². The average Bonchev–Trinajstić information content (AvgIpc) is 2.94. The van der Waals surface area contributed by atoms with E-state index in [9.17, 15) is 4.39 Å². The molecular weight excluding hydrogens is 269 g/mol. The van der Waals surface area contributed by atoms with Gasteiger partial charge >= 0.3 is 0 Å². The van der Waals surface area contributed by atoms with Crippen LogP contribution in [-0.4, -0.2) is 44.2 Å². The van der Waals surface area contributed by atoms with Crippen LogP contribution in [0.3, 0.4) is 0 Å². The highest BCUT2D eigenvalue weighted by molar-refractivity contribution is 5.80. The Morgan fingerprint density at radius 3 is 3.00 bits per heavy atom. The molecular formula is C16H24FN3O. The zero-order chi connectivity index (χ0) is 15.1. The fourth-order valence-corrected chi connectivity index (χ4v) is 2.61. The summed E-state index contributed by atoms with van der Waals surface area (Å²) in [6.45, 7) is 5.90. The molecule has 1 atom stereocenters. The van der Waals surface area contributed by atoms with E-state index in [1.807, 2.05) is 13.0 Å². The SMILES string of the molecule is CCNC(=NCc1ccccc1F)N1CCC(COC)C1. The molecule has 4 nitrogen and oxygen atoms in total. The van der Waals surface area contributed by atoms with Gasteiger partial charge in [0.1, 0.15) is 5.82 Å². The summed E-state index contributed by atoms with van der Waals surface area (Å²) in [5.74, 6) is 1.21. The van der Waals surface area contributed by atoms with Gasteiger partial charge in [0.2, 0.25) is 0 Å². The van der Waals surface area contributed by atoms with Gasteiger partial charge < -0.3 is 15.0 Å². The smallest absolute Gasteiger partial charge is 0.194 e. The summed E-state index contributed by atoms with van der Waals surface area (Å²) in [6, 6.07) is 6.79. The van der Waals surface area contributed by atoms with Crippen molar-refractivity contribution in [2.45, 2.75) is 19.9 Å². The second-order valence-corrected chi connectivity index (χ2v) is 5.32. The van der Waals surface area contributed by atoms with E-state index in [0.29, 0.717) is 18.0 Å². The lowest BCUT2D eigenvalue weighted by atomic mass is 10.1. The van der Waals surface area contributed by atoms with Crippen molar-refractivity contribution in [3.8, 4) is 0 Å². The molecule has 116 valence electrons. The maximum atomic E-state index is 13.6. The summed E-state index contributed by atoms with van der Waals surface area (Å²) >= 11 is 0. The minimum Gasteiger partial charge on any atom is -0.384 e. The van der Waals surface area contributed by atoms with Crippen molar-refractivity contribution >= 4 is 5.96 Å². The molecule has 21 heavy (non-hydrogen) atoms. The molecule has 0 aliphatic carbocycles. The minimum absolute atomic E-state index is 0.198. The third-order valence-electron chi connectivity index (χ3n) is 3.68. The van der Waals surface area contributed by atoms with E-state index in [1.54, 1.807) is 19.2 Å². The van der Waals surface area contributed by atoms with Gasteiger partial charge in [0.25, 0.3) is 0 Å². The largest absolute Gasteiger partial charge is 0.384 e. The molecule has 1 heterocycles. The standard InChI is InChI=1S/C16H24FN3O/c1-3-18-16(20-9-8-13(11-20)12-21-2)19-10-14-6-4-5-7-15(14)17/h4-7,13H,3,8-12H2,1-2H3,(H,18,19). The van der Waals surface area contributed by atoms with Crippen molar-refractivity contribution in [1.82, 2.24) is 10.2 Å². The molecule has 0 spiro atoms. The Kier molecular flexibility index (Phi) is 5.99. The van der Waals surface area contributed by atoms with Crippen LogP contribution in [0, 0.1) is 11.7 Å². The van der Waals surface area contributed by atoms with Gasteiger partial charge in [-0.1, -0.05) is 18.2 Å². The van der Waals surface area contributed by atoms with E-state index in [2.05, 4.69) is 15.2 Å². The predicted molar refractivity (Wildman–Crippen MR) is 82.8 cm³/mol. The van der Waals surface area contributed by atoms with Crippen molar-refractivity contribution in [3.63, 3.8) is 0 Å². The van der Waals surface area contributed by atoms with Crippen molar-refractivity contribution in [2.24, 2.45) is 10.9 Å². The van der Waals surface area contributed by atoms with Gasteiger partial charge in [-0.15, -0.1) is 0 Å². The van der Waals surface area contributed by atoms with Gasteiger partial charge in [-0.3, -0.25) is 0 Å². The monoisotopic (exact) mass is 293 g/mol. The van der Waals surface area contributed by atoms with Crippen molar-refractivity contribution in [2.75, 3.05) is 33.4 Å². The Balaban J connectivity index is 2.01. The molecule has 1 fully saturated rings. The van der Waals surface area contributed by atoms with Gasteiger partial charge in [0.05, 0.1) is 13.2 Å². The fourth-order valence-electron chi connectivity index (χ4n) is 2.61. The van der Waals surface area contributed by atoms with E-state index in [1.165, 1.54) is 6.07 Å². The first kappa shape index (κ1) is 15.8. The molecule has 0 amide bonds. The number of hydrogen-bond donors (Lipinski definition) is 1. The van der Waals surface area contributed by atoms with Crippen LogP contribution in [0.4, 0.5) is 4.39 Å². The number of rotatable bonds is 5. The lowest BCUT2D eigenvalue weighted by Gasteiger charge is -2.21. The molecule has 2 rings (SSSR count). The van der Waals surface area contributed by atoms with Gasteiger partial charge in [0, 0.05) is 38.2 Å². The van der Waals surface area contributed by atoms with Gasteiger partial charge in [-0.25, -0.2) is 9.38 Å². The summed E-state index contributed by atoms with van der Waals surface area (Å²) in [4.78, 5) is 6.80. The summed E-state index contributed by atoms with van der Waals surface area (Å²) in [5, 5.41) is 3.29. The van der Waals surface area contributed by atoms with Crippen LogP contribution < -0.4 is 5.32 Å². The van der Waals surface area contributed by atoms with E-state index in [4.69, 9.17) is 4.74 Å². The van der Waals surface area contributed by atoms with E-state index in [-0.39, 0.29) is 5.82 Å². The van der Waals surface area contributed by atoms with Crippen molar-refractivity contribution < 1.29 is 9.13 Å². The topological polar surface area (TPSA) is 36.9 Å². The number of guanidine groups is 1. The lowest BCUT2D eigenvalue weighted by molar-refractivity contribution is 0.157. The van der Waals surface area contributed by atoms with Crippen LogP contribution in [0.15, 0.2) is 29.3 Å². The minimum atomic E-state index is -0.198. The fraction of sp³-hybridized carbons (Fsp3) is 0.562. The molecule has 5 heteroatoms. The Morgan fingerprint density at radius 2 is 2.29 bits per heavy atom. The lowest BCUT2D eigenvalue weighted by Crippen LogP contribution is -2.40. The predicted octanol–water partition coefficient (Wildman–Crippen LogP) is 2.26. The zero-order valence-electron chi connectivity index (χ0n) is 12.8. The summed E-state index contributed by atoms with van der Waals surface area (Å²) in [6.07, 6.45) is 1.11. The first-order valence-electron chi connectivity index (χ1n) is 7.50. The molecule has 0 bridgehead atoms. The summed E-state index contributed by atoms with van der Waals surface area (Å²) in [7, 11) is 1.74. The Morgan fingerprint density at radius 1 is 1.48 bits per heavy atom. The van der Waals surface area contributed by atoms with E-state index >= 15 is 0 Å². The molecule has 1 aliphatic rings. The third-order valence-corrected chi connectivity index (χ3v) is 3.68. The Hall–Kier alpha value is -1.62. The average molecular weight is 293 g/mol. The number of benzene rings is 1. The molecule has 1 unspecified atom stereocenters. The number of nitrogens with zero attached hydrogens (tertiary/aromatic N) is 2. The van der Waals surface area contributed by atoms with Crippen molar-refractivity contribution in [3.05, 3.63) is 35.6 Å². The quantitative estimate of drug-likeness (QED) is 0.668. The molecule has 0 saturated carbocycles. The second-order valence-electron chi connectivity index (χ2n) is 5.32. The molecule has 1 N–H and O–H groups in total. The van der Waals surface area contributed by atoms with Gasteiger partial charge in [-0.05, 0) is 19.4 Å². The van der Waals surface area contributed by atoms with E-state index < -0.39 is 0 Å². The third kappa shape index (κ3) is 4.43. The maximum absolute atomic E-state index is 13.6.